The number of aryl methyl sites for hydroxylation is 1. The van der Waals surface area contributed by atoms with Crippen LogP contribution in [-0.2, 0) is 7.05 Å². The summed E-state index contributed by atoms with van der Waals surface area (Å²) in [6.07, 6.45) is 3.42. The quantitative estimate of drug-likeness (QED) is 0.809. The first-order chi connectivity index (χ1) is 7.58. The molecule has 2 heterocycles. The summed E-state index contributed by atoms with van der Waals surface area (Å²) in [6.45, 7) is 0. The lowest BCUT2D eigenvalue weighted by Crippen LogP contribution is -2.01. The van der Waals surface area contributed by atoms with E-state index in [-0.39, 0.29) is 17.1 Å². The van der Waals surface area contributed by atoms with Crippen molar-refractivity contribution in [1.29, 1.82) is 0 Å². The van der Waals surface area contributed by atoms with E-state index in [0.717, 1.165) is 12.4 Å². The number of aromatic nitrogens is 4. The second-order valence-electron chi connectivity index (χ2n) is 3.10. The van der Waals surface area contributed by atoms with Crippen LogP contribution >= 0.6 is 0 Å². The monoisotopic (exact) mass is 222 g/mol. The van der Waals surface area contributed by atoms with Crippen LogP contribution in [0.2, 0.25) is 0 Å². The molecule has 7 heteroatoms. The molecule has 1 N–H and O–H groups in total. The van der Waals surface area contributed by atoms with E-state index in [9.17, 15) is 9.18 Å². The molecule has 6 nitrogen and oxygen atoms in total. The van der Waals surface area contributed by atoms with Crippen molar-refractivity contribution in [1.82, 2.24) is 19.7 Å². The maximum absolute atomic E-state index is 12.6. The molecular weight excluding hydrogens is 215 g/mol. The smallest absolute Gasteiger partial charge is 0.357 e. The Morgan fingerprint density at radius 1 is 1.44 bits per heavy atom. The maximum atomic E-state index is 12.6. The highest BCUT2D eigenvalue weighted by molar-refractivity contribution is 5.92. The number of hydrogen-bond acceptors (Lipinski definition) is 4. The molecule has 82 valence electrons. The number of nitrogens with zero attached hydrogens (tertiary/aromatic N) is 4. The Bertz CT molecular complexity index is 535. The van der Waals surface area contributed by atoms with Crippen molar-refractivity contribution in [2.24, 2.45) is 7.05 Å². The van der Waals surface area contributed by atoms with Crippen LogP contribution in [0.5, 0.6) is 0 Å². The van der Waals surface area contributed by atoms with Gasteiger partial charge in [0.15, 0.2) is 17.3 Å². The van der Waals surface area contributed by atoms with Crippen LogP contribution in [0.4, 0.5) is 4.39 Å². The van der Waals surface area contributed by atoms with Gasteiger partial charge in [0, 0.05) is 13.2 Å². The maximum Gasteiger partial charge on any atom is 0.357 e. The number of carboxylic acid groups (broad SMARTS) is 1. The molecule has 0 spiro atoms. The molecule has 0 bridgehead atoms. The van der Waals surface area contributed by atoms with Crippen LogP contribution in [0, 0.1) is 5.82 Å². The third kappa shape index (κ3) is 1.74. The molecule has 0 fully saturated rings. The lowest BCUT2D eigenvalue weighted by molar-refractivity contribution is 0.0690. The van der Waals surface area contributed by atoms with Gasteiger partial charge in [-0.2, -0.15) is 5.10 Å². The minimum Gasteiger partial charge on any atom is -0.476 e. The molecule has 2 rings (SSSR count). The van der Waals surface area contributed by atoms with E-state index in [1.807, 2.05) is 0 Å². The highest BCUT2D eigenvalue weighted by Gasteiger charge is 2.18. The third-order valence-corrected chi connectivity index (χ3v) is 1.89. The van der Waals surface area contributed by atoms with Crippen molar-refractivity contribution in [3.05, 3.63) is 30.1 Å². The lowest BCUT2D eigenvalue weighted by Gasteiger charge is -1.96. The number of carboxylic acids is 1. The predicted molar refractivity (Wildman–Crippen MR) is 51.2 cm³/mol. The summed E-state index contributed by atoms with van der Waals surface area (Å²) in [5.74, 6) is -1.63. The van der Waals surface area contributed by atoms with Gasteiger partial charge in [-0.05, 0) is 0 Å². The standard InChI is InChI=1S/C9H7FN4O2/c1-14-4-6(7(13-14)9(15)16)8-11-2-5(10)3-12-8/h2-4H,1H3,(H,15,16). The van der Waals surface area contributed by atoms with Gasteiger partial charge >= 0.3 is 5.97 Å². The highest BCUT2D eigenvalue weighted by Crippen LogP contribution is 2.18. The summed E-state index contributed by atoms with van der Waals surface area (Å²) < 4.78 is 13.9. The first-order valence-corrected chi connectivity index (χ1v) is 4.33. The molecule has 0 saturated carbocycles. The minimum atomic E-state index is -1.18. The molecule has 0 saturated heterocycles. The summed E-state index contributed by atoms with van der Waals surface area (Å²) >= 11 is 0. The fraction of sp³-hybridized carbons (Fsp3) is 0.111. The normalized spacial score (nSPS) is 10.4. The molecule has 0 aromatic carbocycles. The van der Waals surface area contributed by atoms with Crippen molar-refractivity contribution >= 4 is 5.97 Å². The molecule has 2 aromatic rings. The Morgan fingerprint density at radius 2 is 2.06 bits per heavy atom. The van der Waals surface area contributed by atoms with E-state index < -0.39 is 11.8 Å². The average Bonchev–Trinajstić information content (AvgIpc) is 2.61. The van der Waals surface area contributed by atoms with Crippen LogP contribution in [-0.4, -0.2) is 30.8 Å². The fourth-order valence-electron chi connectivity index (χ4n) is 1.26. The lowest BCUT2D eigenvalue weighted by atomic mass is 10.2. The Morgan fingerprint density at radius 3 is 2.62 bits per heavy atom. The highest BCUT2D eigenvalue weighted by atomic mass is 19.1. The third-order valence-electron chi connectivity index (χ3n) is 1.89. The van der Waals surface area contributed by atoms with Gasteiger partial charge in [0.2, 0.25) is 0 Å². The Balaban J connectivity index is 2.55. The second kappa shape index (κ2) is 3.69. The van der Waals surface area contributed by atoms with Crippen molar-refractivity contribution in [3.8, 4) is 11.4 Å². The Labute approximate surface area is 89.4 Å². The van der Waals surface area contributed by atoms with E-state index >= 15 is 0 Å². The van der Waals surface area contributed by atoms with Crippen LogP contribution < -0.4 is 0 Å². The van der Waals surface area contributed by atoms with E-state index in [0.29, 0.717) is 0 Å². The van der Waals surface area contributed by atoms with Crippen LogP contribution in [0.15, 0.2) is 18.6 Å². The van der Waals surface area contributed by atoms with Gasteiger partial charge in [0.25, 0.3) is 0 Å². The SMILES string of the molecule is Cn1cc(-c2ncc(F)cn2)c(C(=O)O)n1. The molecule has 0 amide bonds. The van der Waals surface area contributed by atoms with E-state index in [1.165, 1.54) is 10.9 Å². The van der Waals surface area contributed by atoms with Crippen molar-refractivity contribution in [2.45, 2.75) is 0 Å². The van der Waals surface area contributed by atoms with Gasteiger partial charge in [0.05, 0.1) is 18.0 Å². The number of hydrogen-bond donors (Lipinski definition) is 1. The van der Waals surface area contributed by atoms with Gasteiger partial charge < -0.3 is 5.11 Å². The van der Waals surface area contributed by atoms with E-state index in [1.54, 1.807) is 7.05 Å². The zero-order valence-electron chi connectivity index (χ0n) is 8.25. The molecule has 0 unspecified atom stereocenters. The molecular formula is C9H7FN4O2. The first kappa shape index (κ1) is 10.2. The topological polar surface area (TPSA) is 80.9 Å². The Kier molecular flexibility index (Phi) is 2.35. The van der Waals surface area contributed by atoms with Gasteiger partial charge in [-0.1, -0.05) is 0 Å². The zero-order valence-corrected chi connectivity index (χ0v) is 8.25. The number of rotatable bonds is 2. The van der Waals surface area contributed by atoms with Gasteiger partial charge in [-0.15, -0.1) is 0 Å². The number of carbonyl (C=O) groups is 1. The van der Waals surface area contributed by atoms with Gasteiger partial charge in [0.1, 0.15) is 0 Å². The molecule has 0 aliphatic carbocycles. The van der Waals surface area contributed by atoms with Gasteiger partial charge in [-0.3, -0.25) is 4.68 Å². The van der Waals surface area contributed by atoms with Crippen LogP contribution in [0.25, 0.3) is 11.4 Å². The van der Waals surface area contributed by atoms with Crippen LogP contribution in [0.1, 0.15) is 10.5 Å². The van der Waals surface area contributed by atoms with E-state index in [4.69, 9.17) is 5.11 Å². The number of aromatic carboxylic acids is 1. The minimum absolute atomic E-state index is 0.131. The molecule has 0 aliphatic rings. The summed E-state index contributed by atoms with van der Waals surface area (Å²) in [7, 11) is 1.58. The van der Waals surface area contributed by atoms with Crippen molar-refractivity contribution in [2.75, 3.05) is 0 Å². The fourth-order valence-corrected chi connectivity index (χ4v) is 1.26. The molecule has 16 heavy (non-hydrogen) atoms. The molecule has 0 atom stereocenters. The second-order valence-corrected chi connectivity index (χ2v) is 3.10. The average molecular weight is 222 g/mol. The summed E-state index contributed by atoms with van der Waals surface area (Å²) in [5, 5.41) is 12.6. The molecule has 0 aliphatic heterocycles. The molecule has 2 aromatic heterocycles. The Hall–Kier alpha value is -2.31. The summed E-state index contributed by atoms with van der Waals surface area (Å²) in [4.78, 5) is 18.3. The van der Waals surface area contributed by atoms with E-state index in [2.05, 4.69) is 15.1 Å². The van der Waals surface area contributed by atoms with Gasteiger partial charge in [-0.25, -0.2) is 19.2 Å². The summed E-state index contributed by atoms with van der Waals surface area (Å²) in [6, 6.07) is 0. The van der Waals surface area contributed by atoms with Crippen molar-refractivity contribution in [3.63, 3.8) is 0 Å². The van der Waals surface area contributed by atoms with Crippen molar-refractivity contribution < 1.29 is 14.3 Å². The first-order valence-electron chi connectivity index (χ1n) is 4.33. The predicted octanol–water partition coefficient (Wildman–Crippen LogP) is 0.714. The largest absolute Gasteiger partial charge is 0.476 e. The van der Waals surface area contributed by atoms with Crippen LogP contribution in [0.3, 0.4) is 0 Å². The molecule has 0 radical (unpaired) electrons. The number of halogens is 1. The zero-order chi connectivity index (χ0) is 11.7. The summed E-state index contributed by atoms with van der Waals surface area (Å²) in [5.41, 5.74) is 0.101.